The van der Waals surface area contributed by atoms with E-state index < -0.39 is 41.4 Å². The lowest BCUT2D eigenvalue weighted by molar-refractivity contribution is -0.158. The molecule has 2 rings (SSSR count). The van der Waals surface area contributed by atoms with Crippen molar-refractivity contribution in [3.8, 4) is 0 Å². The van der Waals surface area contributed by atoms with Crippen LogP contribution in [0.25, 0.3) is 0 Å². The van der Waals surface area contributed by atoms with Gasteiger partial charge in [-0.2, -0.15) is 0 Å². The highest BCUT2D eigenvalue weighted by molar-refractivity contribution is 6.06. The molecule has 0 bridgehead atoms. The first-order valence-electron chi connectivity index (χ1n) is 7.73. The van der Waals surface area contributed by atoms with E-state index in [4.69, 9.17) is 0 Å². The Bertz CT molecular complexity index is 477. The van der Waals surface area contributed by atoms with Crippen LogP contribution in [0.15, 0.2) is 12.2 Å². The van der Waals surface area contributed by atoms with Gasteiger partial charge >= 0.3 is 5.97 Å². The molecule has 0 aromatic carbocycles. The van der Waals surface area contributed by atoms with Gasteiger partial charge in [-0.05, 0) is 25.7 Å². The van der Waals surface area contributed by atoms with E-state index in [9.17, 15) is 30.0 Å². The van der Waals surface area contributed by atoms with E-state index in [1.807, 2.05) is 0 Å². The molecule has 1 unspecified atom stereocenters. The highest BCUT2D eigenvalue weighted by Gasteiger charge is 2.59. The van der Waals surface area contributed by atoms with Crippen molar-refractivity contribution in [2.45, 2.75) is 50.7 Å². The largest absolute Gasteiger partial charge is 0.480 e. The van der Waals surface area contributed by atoms with Gasteiger partial charge in [0.1, 0.15) is 0 Å². The van der Waals surface area contributed by atoms with Gasteiger partial charge in [0.2, 0.25) is 0 Å². The van der Waals surface area contributed by atoms with Crippen LogP contribution in [-0.4, -0.2) is 50.5 Å². The smallest absolute Gasteiger partial charge is 0.320 e. The average molecular weight is 312 g/mol. The standard InChI is InChI=1S/C16H24O6/c1-15(22,10-4-2-3-5-10)7-6-11-12(18)8-13(19)16(11,9-17)14(20)21/h6-7,10-12,17-18,22H,2-5,8-9H2,1H3,(H,20,21)/b7-6+/t11-,12+,15+,16?/m0/s1. The molecular formula is C16H24O6. The number of ketones is 1. The molecule has 0 saturated heterocycles. The second-order valence-electron chi connectivity index (χ2n) is 6.72. The average Bonchev–Trinajstić information content (AvgIpc) is 3.04. The molecule has 0 radical (unpaired) electrons. The Kier molecular flexibility index (Phi) is 4.75. The first-order chi connectivity index (χ1) is 10.3. The van der Waals surface area contributed by atoms with Crippen molar-refractivity contribution >= 4 is 11.8 Å². The first kappa shape index (κ1) is 17.1. The lowest BCUT2D eigenvalue weighted by Crippen LogP contribution is -2.45. The first-order valence-corrected chi connectivity index (χ1v) is 7.73. The lowest BCUT2D eigenvalue weighted by atomic mass is 9.76. The summed E-state index contributed by atoms with van der Waals surface area (Å²) in [7, 11) is 0. The van der Waals surface area contributed by atoms with Crippen molar-refractivity contribution in [3.63, 3.8) is 0 Å². The number of hydrogen-bond acceptors (Lipinski definition) is 5. The molecule has 0 heterocycles. The zero-order valence-corrected chi connectivity index (χ0v) is 12.7. The Morgan fingerprint density at radius 2 is 2.00 bits per heavy atom. The van der Waals surface area contributed by atoms with Crippen molar-refractivity contribution in [2.75, 3.05) is 6.61 Å². The van der Waals surface area contributed by atoms with Crippen LogP contribution in [0.5, 0.6) is 0 Å². The Hall–Kier alpha value is -1.24. The summed E-state index contributed by atoms with van der Waals surface area (Å²) in [6.07, 6.45) is 5.32. The fraction of sp³-hybridized carbons (Fsp3) is 0.750. The maximum atomic E-state index is 12.0. The van der Waals surface area contributed by atoms with Crippen molar-refractivity contribution in [3.05, 3.63) is 12.2 Å². The maximum absolute atomic E-state index is 12.0. The Labute approximate surface area is 129 Å². The molecule has 4 atom stereocenters. The predicted octanol–water partition coefficient (Wildman–Crippen LogP) is 0.497. The van der Waals surface area contributed by atoms with Crippen LogP contribution in [0.3, 0.4) is 0 Å². The van der Waals surface area contributed by atoms with Gasteiger partial charge in [-0.1, -0.05) is 25.0 Å². The molecule has 22 heavy (non-hydrogen) atoms. The van der Waals surface area contributed by atoms with Crippen molar-refractivity contribution in [1.82, 2.24) is 0 Å². The monoisotopic (exact) mass is 312 g/mol. The third-order valence-electron chi connectivity index (χ3n) is 5.33. The van der Waals surface area contributed by atoms with Gasteiger partial charge < -0.3 is 20.4 Å². The summed E-state index contributed by atoms with van der Waals surface area (Å²) in [5, 5.41) is 39.4. The van der Waals surface area contributed by atoms with Crippen LogP contribution in [0.1, 0.15) is 39.0 Å². The molecular weight excluding hydrogens is 288 g/mol. The van der Waals surface area contributed by atoms with E-state index in [-0.39, 0.29) is 12.3 Å². The number of hydrogen-bond donors (Lipinski definition) is 4. The van der Waals surface area contributed by atoms with Crippen LogP contribution >= 0.6 is 0 Å². The summed E-state index contributed by atoms with van der Waals surface area (Å²) >= 11 is 0. The molecule has 0 aliphatic heterocycles. The fourth-order valence-electron chi connectivity index (χ4n) is 3.77. The van der Waals surface area contributed by atoms with Gasteiger partial charge in [0.05, 0.1) is 18.3 Å². The minimum absolute atomic E-state index is 0.0892. The molecule has 2 fully saturated rings. The van der Waals surface area contributed by atoms with Gasteiger partial charge in [-0.25, -0.2) is 0 Å². The topological polar surface area (TPSA) is 115 Å². The summed E-state index contributed by atoms with van der Waals surface area (Å²) in [4.78, 5) is 23.5. The second-order valence-corrected chi connectivity index (χ2v) is 6.72. The third-order valence-corrected chi connectivity index (χ3v) is 5.33. The van der Waals surface area contributed by atoms with Gasteiger partial charge in [0, 0.05) is 12.3 Å². The second kappa shape index (κ2) is 6.10. The minimum Gasteiger partial charge on any atom is -0.480 e. The van der Waals surface area contributed by atoms with Gasteiger partial charge in [0.25, 0.3) is 0 Å². The molecule has 6 nitrogen and oxygen atoms in total. The van der Waals surface area contributed by atoms with E-state index in [1.165, 1.54) is 12.2 Å². The SMILES string of the molecule is C[C@@](O)(/C=C/[C@H]1[C@H](O)CC(=O)C1(CO)C(=O)O)C1CCCC1. The summed E-state index contributed by atoms with van der Waals surface area (Å²) in [6.45, 7) is 0.794. The fourth-order valence-corrected chi connectivity index (χ4v) is 3.77. The Morgan fingerprint density at radius 3 is 2.50 bits per heavy atom. The molecule has 0 amide bonds. The summed E-state index contributed by atoms with van der Waals surface area (Å²) < 4.78 is 0. The lowest BCUT2D eigenvalue weighted by Gasteiger charge is -2.30. The summed E-state index contributed by atoms with van der Waals surface area (Å²) in [5.74, 6) is -3.06. The molecule has 0 spiro atoms. The number of aliphatic hydroxyl groups excluding tert-OH is 2. The number of aliphatic hydroxyl groups is 3. The molecule has 0 aromatic heterocycles. The molecule has 6 heteroatoms. The van der Waals surface area contributed by atoms with Crippen molar-refractivity contribution < 1.29 is 30.0 Å². The maximum Gasteiger partial charge on any atom is 0.320 e. The molecule has 124 valence electrons. The Morgan fingerprint density at radius 1 is 1.41 bits per heavy atom. The molecule has 2 aliphatic carbocycles. The van der Waals surface area contributed by atoms with Gasteiger partial charge in [-0.3, -0.25) is 9.59 Å². The highest BCUT2D eigenvalue weighted by Crippen LogP contribution is 2.43. The van der Waals surface area contributed by atoms with Gasteiger partial charge in [0.15, 0.2) is 11.2 Å². The van der Waals surface area contributed by atoms with E-state index in [0.717, 1.165) is 25.7 Å². The van der Waals surface area contributed by atoms with E-state index in [2.05, 4.69) is 0 Å². The van der Waals surface area contributed by atoms with Crippen molar-refractivity contribution in [1.29, 1.82) is 0 Å². The Balaban J connectivity index is 2.27. The molecule has 4 N–H and O–H groups in total. The summed E-state index contributed by atoms with van der Waals surface area (Å²) in [6, 6.07) is 0. The number of aliphatic carboxylic acids is 1. The highest BCUT2D eigenvalue weighted by atomic mass is 16.4. The molecule has 2 saturated carbocycles. The number of carbonyl (C=O) groups is 2. The normalized spacial score (nSPS) is 36.1. The number of carbonyl (C=O) groups excluding carboxylic acids is 1. The van der Waals surface area contributed by atoms with Crippen LogP contribution in [0.2, 0.25) is 0 Å². The minimum atomic E-state index is -2.01. The zero-order valence-electron chi connectivity index (χ0n) is 12.7. The number of Topliss-reactive ketones (excluding diaryl/α,β-unsaturated/α-hetero) is 1. The van der Waals surface area contributed by atoms with Crippen LogP contribution in [0, 0.1) is 17.3 Å². The predicted molar refractivity (Wildman–Crippen MR) is 78.0 cm³/mol. The molecule has 0 aromatic rings. The summed E-state index contributed by atoms with van der Waals surface area (Å²) in [5.41, 5.74) is -3.12. The zero-order chi connectivity index (χ0) is 16.5. The van der Waals surface area contributed by atoms with E-state index >= 15 is 0 Å². The van der Waals surface area contributed by atoms with E-state index in [0.29, 0.717) is 0 Å². The van der Waals surface area contributed by atoms with Crippen LogP contribution in [-0.2, 0) is 9.59 Å². The molecule has 2 aliphatic rings. The van der Waals surface area contributed by atoms with Crippen LogP contribution in [0.4, 0.5) is 0 Å². The number of rotatable bonds is 5. The third kappa shape index (κ3) is 2.71. The quantitative estimate of drug-likeness (QED) is 0.434. The van der Waals surface area contributed by atoms with Crippen molar-refractivity contribution in [2.24, 2.45) is 17.3 Å². The number of carboxylic acid groups (broad SMARTS) is 1. The van der Waals surface area contributed by atoms with Crippen LogP contribution < -0.4 is 0 Å². The van der Waals surface area contributed by atoms with Gasteiger partial charge in [-0.15, -0.1) is 0 Å². The van der Waals surface area contributed by atoms with E-state index in [1.54, 1.807) is 6.92 Å². The number of carboxylic acids is 1.